The van der Waals surface area contributed by atoms with Gasteiger partial charge in [-0.05, 0) is 23.5 Å². The Morgan fingerprint density at radius 3 is 2.09 bits per heavy atom. The standard InChI is InChI=1S/C17H19N3S2/c1-17(2,3)12-8-6-11(7-9-12)14-13(10-18)15(21-4)20-16(19-14)22-5/h6-9H,1-5H3. The van der Waals surface area contributed by atoms with E-state index in [1.54, 1.807) is 0 Å². The van der Waals surface area contributed by atoms with Crippen molar-refractivity contribution >= 4 is 23.5 Å². The van der Waals surface area contributed by atoms with Gasteiger partial charge in [0.05, 0.1) is 5.69 Å². The highest BCUT2D eigenvalue weighted by Crippen LogP contribution is 2.31. The van der Waals surface area contributed by atoms with Crippen LogP contribution in [0.4, 0.5) is 0 Å². The molecular weight excluding hydrogens is 310 g/mol. The Morgan fingerprint density at radius 1 is 1.00 bits per heavy atom. The van der Waals surface area contributed by atoms with Crippen LogP contribution in [0.1, 0.15) is 31.9 Å². The van der Waals surface area contributed by atoms with Crippen LogP contribution in [0.3, 0.4) is 0 Å². The van der Waals surface area contributed by atoms with Gasteiger partial charge in [0.15, 0.2) is 5.16 Å². The fraction of sp³-hybridized carbons (Fsp3) is 0.353. The van der Waals surface area contributed by atoms with E-state index in [9.17, 15) is 5.26 Å². The summed E-state index contributed by atoms with van der Waals surface area (Å²) in [6.45, 7) is 6.56. The fourth-order valence-corrected chi connectivity index (χ4v) is 3.04. The lowest BCUT2D eigenvalue weighted by Crippen LogP contribution is -2.10. The zero-order chi connectivity index (χ0) is 16.3. The summed E-state index contributed by atoms with van der Waals surface area (Å²) in [4.78, 5) is 8.96. The Hall–Kier alpha value is -1.51. The third kappa shape index (κ3) is 3.45. The smallest absolute Gasteiger partial charge is 0.188 e. The molecule has 0 spiro atoms. The Bertz CT molecular complexity index is 710. The van der Waals surface area contributed by atoms with Crippen LogP contribution < -0.4 is 0 Å². The average molecular weight is 329 g/mol. The highest BCUT2D eigenvalue weighted by Gasteiger charge is 2.17. The highest BCUT2D eigenvalue weighted by atomic mass is 32.2. The maximum atomic E-state index is 9.49. The molecule has 0 saturated carbocycles. The Kier molecular flexibility index (Phi) is 5.15. The zero-order valence-corrected chi connectivity index (χ0v) is 15.1. The quantitative estimate of drug-likeness (QED) is 0.462. The molecule has 1 heterocycles. The van der Waals surface area contributed by atoms with Gasteiger partial charge in [0.1, 0.15) is 16.7 Å². The number of nitriles is 1. The largest absolute Gasteiger partial charge is 0.221 e. The van der Waals surface area contributed by atoms with Crippen LogP contribution >= 0.6 is 23.5 Å². The maximum absolute atomic E-state index is 9.49. The molecule has 1 aromatic heterocycles. The van der Waals surface area contributed by atoms with E-state index in [-0.39, 0.29) is 5.41 Å². The number of hydrogen-bond donors (Lipinski definition) is 0. The lowest BCUT2D eigenvalue weighted by atomic mass is 9.86. The minimum atomic E-state index is 0.108. The lowest BCUT2D eigenvalue weighted by molar-refractivity contribution is 0.590. The first-order valence-corrected chi connectivity index (χ1v) is 9.36. The SMILES string of the molecule is CSc1nc(SC)c(C#N)c(-c2ccc(C(C)(C)C)cc2)n1. The number of benzene rings is 1. The Morgan fingerprint density at radius 2 is 1.64 bits per heavy atom. The molecule has 0 aliphatic carbocycles. The number of aromatic nitrogens is 2. The summed E-state index contributed by atoms with van der Waals surface area (Å²) < 4.78 is 0. The zero-order valence-electron chi connectivity index (χ0n) is 13.5. The van der Waals surface area contributed by atoms with Gasteiger partial charge in [-0.3, -0.25) is 0 Å². The van der Waals surface area contributed by atoms with Gasteiger partial charge in [-0.15, -0.1) is 11.8 Å². The predicted molar refractivity (Wildman–Crippen MR) is 94.4 cm³/mol. The van der Waals surface area contributed by atoms with E-state index < -0.39 is 0 Å². The molecule has 0 atom stereocenters. The van der Waals surface area contributed by atoms with Gasteiger partial charge in [0.25, 0.3) is 0 Å². The number of hydrogen-bond acceptors (Lipinski definition) is 5. The number of nitrogens with zero attached hydrogens (tertiary/aromatic N) is 3. The summed E-state index contributed by atoms with van der Waals surface area (Å²) >= 11 is 2.97. The first kappa shape index (κ1) is 16.9. The van der Waals surface area contributed by atoms with Gasteiger partial charge < -0.3 is 0 Å². The van der Waals surface area contributed by atoms with Crippen LogP contribution in [0.15, 0.2) is 34.4 Å². The Balaban J connectivity index is 2.59. The van der Waals surface area contributed by atoms with Gasteiger partial charge >= 0.3 is 0 Å². The van der Waals surface area contributed by atoms with Crippen molar-refractivity contribution < 1.29 is 0 Å². The summed E-state index contributed by atoms with van der Waals surface area (Å²) in [6, 6.07) is 10.5. The van der Waals surface area contributed by atoms with Gasteiger partial charge in [0, 0.05) is 5.56 Å². The third-order valence-electron chi connectivity index (χ3n) is 3.37. The van der Waals surface area contributed by atoms with E-state index in [0.717, 1.165) is 10.6 Å². The molecule has 0 unspecified atom stereocenters. The van der Waals surface area contributed by atoms with E-state index in [1.165, 1.54) is 29.1 Å². The van der Waals surface area contributed by atoms with Crippen molar-refractivity contribution in [1.29, 1.82) is 5.26 Å². The molecule has 0 amide bonds. The lowest BCUT2D eigenvalue weighted by Gasteiger charge is -2.19. The molecule has 0 aliphatic heterocycles. The average Bonchev–Trinajstić information content (AvgIpc) is 2.52. The normalized spacial score (nSPS) is 11.3. The number of thioether (sulfide) groups is 2. The molecule has 0 radical (unpaired) electrons. The summed E-state index contributed by atoms with van der Waals surface area (Å²) in [5.74, 6) is 0. The minimum Gasteiger partial charge on any atom is -0.221 e. The first-order chi connectivity index (χ1) is 10.4. The summed E-state index contributed by atoms with van der Waals surface area (Å²) in [6.07, 6.45) is 3.87. The van der Waals surface area contributed by atoms with Crippen molar-refractivity contribution in [2.24, 2.45) is 0 Å². The molecule has 0 bridgehead atoms. The molecule has 2 aromatic rings. The molecule has 0 aliphatic rings. The second-order valence-corrected chi connectivity index (χ2v) is 7.45. The molecule has 2 rings (SSSR count). The second-order valence-electron chi connectivity index (χ2n) is 5.88. The van der Waals surface area contributed by atoms with E-state index in [0.29, 0.717) is 16.4 Å². The molecule has 22 heavy (non-hydrogen) atoms. The van der Waals surface area contributed by atoms with Crippen molar-refractivity contribution in [3.05, 3.63) is 35.4 Å². The van der Waals surface area contributed by atoms with E-state index in [1.807, 2.05) is 24.6 Å². The minimum absolute atomic E-state index is 0.108. The second kappa shape index (κ2) is 6.72. The van der Waals surface area contributed by atoms with E-state index >= 15 is 0 Å². The van der Waals surface area contributed by atoms with Crippen LogP contribution in [0.5, 0.6) is 0 Å². The van der Waals surface area contributed by atoms with E-state index in [4.69, 9.17) is 0 Å². The van der Waals surface area contributed by atoms with Crippen molar-refractivity contribution in [3.63, 3.8) is 0 Å². The van der Waals surface area contributed by atoms with Crippen molar-refractivity contribution in [2.75, 3.05) is 12.5 Å². The van der Waals surface area contributed by atoms with Crippen molar-refractivity contribution in [3.8, 4) is 17.3 Å². The van der Waals surface area contributed by atoms with Crippen LogP contribution in [0.25, 0.3) is 11.3 Å². The van der Waals surface area contributed by atoms with Gasteiger partial charge in [-0.1, -0.05) is 56.8 Å². The summed E-state index contributed by atoms with van der Waals surface area (Å²) in [7, 11) is 0. The topological polar surface area (TPSA) is 49.6 Å². The first-order valence-electron chi connectivity index (χ1n) is 6.91. The molecule has 1 aromatic carbocycles. The van der Waals surface area contributed by atoms with Crippen LogP contribution in [-0.4, -0.2) is 22.5 Å². The van der Waals surface area contributed by atoms with Crippen LogP contribution in [0, 0.1) is 11.3 Å². The van der Waals surface area contributed by atoms with Gasteiger partial charge in [0.2, 0.25) is 0 Å². The summed E-state index contributed by atoms with van der Waals surface area (Å²) in [5.41, 5.74) is 3.59. The van der Waals surface area contributed by atoms with E-state index in [2.05, 4.69) is 48.9 Å². The fourth-order valence-electron chi connectivity index (χ4n) is 2.10. The monoisotopic (exact) mass is 329 g/mol. The summed E-state index contributed by atoms with van der Waals surface area (Å²) in [5, 5.41) is 10.9. The highest BCUT2D eigenvalue weighted by molar-refractivity contribution is 7.99. The third-order valence-corrected chi connectivity index (χ3v) is 4.60. The van der Waals surface area contributed by atoms with Crippen LogP contribution in [0.2, 0.25) is 0 Å². The van der Waals surface area contributed by atoms with Crippen LogP contribution in [-0.2, 0) is 5.41 Å². The predicted octanol–water partition coefficient (Wildman–Crippen LogP) is 4.76. The molecule has 0 saturated heterocycles. The van der Waals surface area contributed by atoms with Gasteiger partial charge in [-0.25, -0.2) is 9.97 Å². The molecule has 5 heteroatoms. The molecular formula is C17H19N3S2. The number of rotatable bonds is 3. The van der Waals surface area contributed by atoms with Crippen molar-refractivity contribution in [2.45, 2.75) is 36.4 Å². The maximum Gasteiger partial charge on any atom is 0.188 e. The molecule has 0 fully saturated rings. The molecule has 3 nitrogen and oxygen atoms in total. The molecule has 0 N–H and O–H groups in total. The Labute approximate surface area is 140 Å². The van der Waals surface area contributed by atoms with Crippen molar-refractivity contribution in [1.82, 2.24) is 9.97 Å². The van der Waals surface area contributed by atoms with Gasteiger partial charge in [-0.2, -0.15) is 5.26 Å². The molecule has 114 valence electrons.